The molecule has 0 saturated carbocycles. The number of aryl methyl sites for hydroxylation is 1. The summed E-state index contributed by atoms with van der Waals surface area (Å²) in [5, 5.41) is 8.05. The van der Waals surface area contributed by atoms with Crippen molar-refractivity contribution in [2.24, 2.45) is 5.73 Å². The van der Waals surface area contributed by atoms with Gasteiger partial charge in [0.25, 0.3) is 0 Å². The molecular weight excluding hydrogens is 330 g/mol. The molecule has 8 nitrogen and oxygen atoms in total. The van der Waals surface area contributed by atoms with Gasteiger partial charge in [0.2, 0.25) is 0 Å². The second-order valence-corrected chi connectivity index (χ2v) is 6.57. The third kappa shape index (κ3) is 3.15. The van der Waals surface area contributed by atoms with Gasteiger partial charge in [-0.15, -0.1) is 5.10 Å². The molecule has 3 N–H and O–H groups in total. The topological polar surface area (TPSA) is 93.6 Å². The maximum absolute atomic E-state index is 6.13. The maximum Gasteiger partial charge on any atom is 0.177 e. The molecule has 1 saturated heterocycles. The SMILES string of the molecule is COc1ccc(Nc2cc(N3CCCC(N)C3)nn3ccnc23)nc1C. The Morgan fingerprint density at radius 1 is 1.35 bits per heavy atom. The number of fused-ring (bicyclic) bond motifs is 1. The van der Waals surface area contributed by atoms with E-state index in [0.717, 1.165) is 60.3 Å². The number of pyridine rings is 1. The van der Waals surface area contributed by atoms with Crippen molar-refractivity contribution in [1.29, 1.82) is 0 Å². The second kappa shape index (κ2) is 6.80. The average molecular weight is 353 g/mol. The van der Waals surface area contributed by atoms with Gasteiger partial charge in [-0.1, -0.05) is 0 Å². The third-order valence-corrected chi connectivity index (χ3v) is 4.65. The lowest BCUT2D eigenvalue weighted by Crippen LogP contribution is -2.43. The Hall–Kier alpha value is -2.87. The fourth-order valence-electron chi connectivity index (χ4n) is 3.34. The highest BCUT2D eigenvalue weighted by molar-refractivity contribution is 5.75. The molecule has 26 heavy (non-hydrogen) atoms. The number of imidazole rings is 1. The summed E-state index contributed by atoms with van der Waals surface area (Å²) in [5.74, 6) is 2.39. The van der Waals surface area contributed by atoms with E-state index in [0.29, 0.717) is 0 Å². The van der Waals surface area contributed by atoms with Crippen LogP contribution in [0.15, 0.2) is 30.6 Å². The van der Waals surface area contributed by atoms with Crippen LogP contribution in [-0.2, 0) is 0 Å². The van der Waals surface area contributed by atoms with E-state index in [1.807, 2.05) is 31.3 Å². The standard InChI is InChI=1S/C18H23N7O/c1-12-15(26-2)5-6-16(21-12)22-14-10-17(23-25-9-7-20-18(14)25)24-8-3-4-13(19)11-24/h5-7,9-10,13H,3-4,8,11,19H2,1-2H3,(H,21,22). The van der Waals surface area contributed by atoms with Gasteiger partial charge in [0.15, 0.2) is 11.5 Å². The molecule has 0 spiro atoms. The molecule has 4 heterocycles. The smallest absolute Gasteiger partial charge is 0.177 e. The van der Waals surface area contributed by atoms with E-state index in [1.54, 1.807) is 17.8 Å². The van der Waals surface area contributed by atoms with Crippen LogP contribution in [0.1, 0.15) is 18.5 Å². The number of anilines is 3. The fraction of sp³-hybridized carbons (Fsp3) is 0.389. The van der Waals surface area contributed by atoms with Gasteiger partial charge in [-0.3, -0.25) is 0 Å². The Labute approximate surface area is 152 Å². The van der Waals surface area contributed by atoms with Crippen LogP contribution in [0.3, 0.4) is 0 Å². The zero-order chi connectivity index (χ0) is 18.1. The summed E-state index contributed by atoms with van der Waals surface area (Å²) in [4.78, 5) is 11.2. The lowest BCUT2D eigenvalue weighted by molar-refractivity contribution is 0.409. The highest BCUT2D eigenvalue weighted by Crippen LogP contribution is 2.27. The van der Waals surface area contributed by atoms with Crippen LogP contribution >= 0.6 is 0 Å². The molecule has 3 aromatic heterocycles. The number of aromatic nitrogens is 4. The molecular formula is C18H23N7O. The van der Waals surface area contributed by atoms with Gasteiger partial charge in [0.05, 0.1) is 18.5 Å². The Morgan fingerprint density at radius 3 is 3.00 bits per heavy atom. The Bertz CT molecular complexity index is 923. The van der Waals surface area contributed by atoms with Crippen LogP contribution in [0.25, 0.3) is 5.65 Å². The highest BCUT2D eigenvalue weighted by Gasteiger charge is 2.20. The van der Waals surface area contributed by atoms with Crippen LogP contribution in [0.2, 0.25) is 0 Å². The maximum atomic E-state index is 6.13. The van der Waals surface area contributed by atoms with Gasteiger partial charge < -0.3 is 20.7 Å². The van der Waals surface area contributed by atoms with Gasteiger partial charge in [-0.2, -0.15) is 0 Å². The van der Waals surface area contributed by atoms with Gasteiger partial charge in [0.1, 0.15) is 11.6 Å². The van der Waals surface area contributed by atoms with Crippen molar-refractivity contribution in [3.05, 3.63) is 36.3 Å². The van der Waals surface area contributed by atoms with E-state index >= 15 is 0 Å². The van der Waals surface area contributed by atoms with Crippen molar-refractivity contribution in [3.63, 3.8) is 0 Å². The summed E-state index contributed by atoms with van der Waals surface area (Å²) < 4.78 is 7.07. The zero-order valence-corrected chi connectivity index (χ0v) is 15.0. The Kier molecular flexibility index (Phi) is 4.34. The molecule has 0 amide bonds. The molecule has 1 fully saturated rings. The number of hydrogen-bond acceptors (Lipinski definition) is 7. The fourth-order valence-corrected chi connectivity index (χ4v) is 3.34. The second-order valence-electron chi connectivity index (χ2n) is 6.57. The predicted octanol–water partition coefficient (Wildman–Crippen LogP) is 2.11. The molecule has 0 bridgehead atoms. The summed E-state index contributed by atoms with van der Waals surface area (Å²) in [7, 11) is 1.64. The highest BCUT2D eigenvalue weighted by atomic mass is 16.5. The number of methoxy groups -OCH3 is 1. The molecule has 136 valence electrons. The first kappa shape index (κ1) is 16.6. The van der Waals surface area contributed by atoms with E-state index in [2.05, 4.69) is 25.3 Å². The van der Waals surface area contributed by atoms with Crippen molar-refractivity contribution in [2.75, 3.05) is 30.4 Å². The number of rotatable bonds is 4. The molecule has 4 rings (SSSR count). The predicted molar refractivity (Wildman–Crippen MR) is 101 cm³/mol. The first-order chi connectivity index (χ1) is 12.6. The van der Waals surface area contributed by atoms with Gasteiger partial charge in [-0.25, -0.2) is 14.5 Å². The lowest BCUT2D eigenvalue weighted by atomic mass is 10.1. The van der Waals surface area contributed by atoms with E-state index in [1.165, 1.54) is 0 Å². The van der Waals surface area contributed by atoms with Crippen molar-refractivity contribution in [3.8, 4) is 5.75 Å². The molecule has 3 aromatic rings. The molecule has 0 radical (unpaired) electrons. The van der Waals surface area contributed by atoms with Crippen LogP contribution in [-0.4, -0.2) is 45.8 Å². The van der Waals surface area contributed by atoms with Crippen molar-refractivity contribution in [2.45, 2.75) is 25.8 Å². The number of nitrogens with zero attached hydrogens (tertiary/aromatic N) is 5. The molecule has 1 unspecified atom stereocenters. The van der Waals surface area contributed by atoms with E-state index in [-0.39, 0.29) is 6.04 Å². The number of piperidine rings is 1. The minimum atomic E-state index is 0.186. The Morgan fingerprint density at radius 2 is 2.23 bits per heavy atom. The van der Waals surface area contributed by atoms with Crippen LogP contribution in [0.5, 0.6) is 5.75 Å². The molecule has 0 aromatic carbocycles. The average Bonchev–Trinajstić information content (AvgIpc) is 3.11. The first-order valence-corrected chi connectivity index (χ1v) is 8.77. The molecule has 1 aliphatic heterocycles. The van der Waals surface area contributed by atoms with E-state index < -0.39 is 0 Å². The van der Waals surface area contributed by atoms with Crippen LogP contribution in [0.4, 0.5) is 17.3 Å². The summed E-state index contributed by atoms with van der Waals surface area (Å²) in [6.07, 6.45) is 5.73. The van der Waals surface area contributed by atoms with Gasteiger partial charge in [0, 0.05) is 37.6 Å². The summed E-state index contributed by atoms with van der Waals surface area (Å²) >= 11 is 0. The van der Waals surface area contributed by atoms with Crippen molar-refractivity contribution >= 4 is 23.0 Å². The van der Waals surface area contributed by atoms with Gasteiger partial charge >= 0.3 is 0 Å². The molecule has 1 aliphatic rings. The minimum Gasteiger partial charge on any atom is -0.495 e. The first-order valence-electron chi connectivity index (χ1n) is 8.77. The zero-order valence-electron chi connectivity index (χ0n) is 15.0. The summed E-state index contributed by atoms with van der Waals surface area (Å²) in [6, 6.07) is 5.99. The summed E-state index contributed by atoms with van der Waals surface area (Å²) in [6.45, 7) is 3.69. The largest absolute Gasteiger partial charge is 0.495 e. The molecule has 0 aliphatic carbocycles. The summed E-state index contributed by atoms with van der Waals surface area (Å²) in [5.41, 5.74) is 8.57. The third-order valence-electron chi connectivity index (χ3n) is 4.65. The monoisotopic (exact) mass is 353 g/mol. The lowest BCUT2D eigenvalue weighted by Gasteiger charge is -2.31. The van der Waals surface area contributed by atoms with Crippen molar-refractivity contribution < 1.29 is 4.74 Å². The quantitative estimate of drug-likeness (QED) is 0.742. The number of ether oxygens (including phenoxy) is 1. The number of hydrogen-bond donors (Lipinski definition) is 2. The minimum absolute atomic E-state index is 0.186. The van der Waals surface area contributed by atoms with Crippen molar-refractivity contribution in [1.82, 2.24) is 19.6 Å². The Balaban J connectivity index is 1.69. The van der Waals surface area contributed by atoms with Crippen LogP contribution in [0, 0.1) is 6.92 Å². The normalized spacial score (nSPS) is 17.5. The molecule has 8 heteroatoms. The van der Waals surface area contributed by atoms with E-state index in [9.17, 15) is 0 Å². The van der Waals surface area contributed by atoms with E-state index in [4.69, 9.17) is 10.5 Å². The van der Waals surface area contributed by atoms with Gasteiger partial charge in [-0.05, 0) is 31.9 Å². The molecule has 1 atom stereocenters. The van der Waals surface area contributed by atoms with Crippen LogP contribution < -0.4 is 20.7 Å². The number of nitrogens with one attached hydrogen (secondary N) is 1. The number of nitrogens with two attached hydrogens (primary N) is 1.